The third kappa shape index (κ3) is 2.83. The molecule has 6 heteroatoms. The molecule has 0 saturated carbocycles. The molecular weight excluding hydrogens is 238 g/mol. The van der Waals surface area contributed by atoms with E-state index in [0.29, 0.717) is 0 Å². The first kappa shape index (κ1) is 12.5. The number of hydrogen-bond donors (Lipinski definition) is 1. The number of thiophene rings is 1. The van der Waals surface area contributed by atoms with Crippen molar-refractivity contribution in [2.24, 2.45) is 0 Å². The molecule has 1 aliphatic heterocycles. The number of hydrogen-bond acceptors (Lipinski definition) is 5. The van der Waals surface area contributed by atoms with E-state index in [9.17, 15) is 10.1 Å². The van der Waals surface area contributed by atoms with Crippen LogP contribution in [0.5, 0.6) is 0 Å². The number of nitro groups is 1. The summed E-state index contributed by atoms with van der Waals surface area (Å²) in [5, 5.41) is 16.1. The molecule has 0 radical (unpaired) electrons. The summed E-state index contributed by atoms with van der Waals surface area (Å²) >= 11 is 1.20. The van der Waals surface area contributed by atoms with Crippen molar-refractivity contribution in [3.63, 3.8) is 0 Å². The highest BCUT2D eigenvalue weighted by atomic mass is 32.1. The second-order valence-corrected chi connectivity index (χ2v) is 5.85. The Balaban J connectivity index is 2.06. The topological polar surface area (TPSA) is 58.4 Å². The van der Waals surface area contributed by atoms with E-state index >= 15 is 0 Å². The standard InChI is InChI=1S/C11H17N3O2S/c1-11(2)8-12-3-4-13(11)6-9-5-10(14(15)16)17-7-9/h5,7,12H,3-4,6,8H2,1-2H3. The van der Waals surface area contributed by atoms with E-state index in [1.807, 2.05) is 5.38 Å². The molecule has 1 saturated heterocycles. The van der Waals surface area contributed by atoms with Gasteiger partial charge in [0, 0.05) is 43.2 Å². The summed E-state index contributed by atoms with van der Waals surface area (Å²) in [6.07, 6.45) is 0. The molecule has 1 aliphatic rings. The molecule has 0 spiro atoms. The molecule has 1 aromatic rings. The SMILES string of the molecule is CC1(C)CNCCN1Cc1csc([N+](=O)[O-])c1. The highest BCUT2D eigenvalue weighted by Crippen LogP contribution is 2.26. The van der Waals surface area contributed by atoms with Crippen LogP contribution in [0.15, 0.2) is 11.4 Å². The van der Waals surface area contributed by atoms with Gasteiger partial charge in [-0.1, -0.05) is 11.3 Å². The highest BCUT2D eigenvalue weighted by molar-refractivity contribution is 7.13. The second kappa shape index (κ2) is 4.72. The molecule has 1 fully saturated rings. The van der Waals surface area contributed by atoms with E-state index in [1.165, 1.54) is 11.3 Å². The first-order valence-corrected chi connectivity index (χ1v) is 6.54. The van der Waals surface area contributed by atoms with Gasteiger partial charge in [0.2, 0.25) is 0 Å². The second-order valence-electron chi connectivity index (χ2n) is 4.96. The van der Waals surface area contributed by atoms with Crippen LogP contribution in [-0.2, 0) is 6.54 Å². The van der Waals surface area contributed by atoms with Crippen molar-refractivity contribution < 1.29 is 4.92 Å². The van der Waals surface area contributed by atoms with Gasteiger partial charge in [-0.05, 0) is 19.4 Å². The van der Waals surface area contributed by atoms with Gasteiger partial charge in [-0.2, -0.15) is 0 Å². The zero-order chi connectivity index (χ0) is 12.5. The number of piperazine rings is 1. The van der Waals surface area contributed by atoms with Gasteiger partial charge in [0.15, 0.2) is 0 Å². The molecule has 0 aromatic carbocycles. The summed E-state index contributed by atoms with van der Waals surface area (Å²) in [5.74, 6) is 0. The molecule has 2 rings (SSSR count). The van der Waals surface area contributed by atoms with Crippen LogP contribution >= 0.6 is 11.3 Å². The van der Waals surface area contributed by atoms with Crippen LogP contribution in [0.2, 0.25) is 0 Å². The van der Waals surface area contributed by atoms with Gasteiger partial charge in [0.05, 0.1) is 4.92 Å². The Labute approximate surface area is 105 Å². The van der Waals surface area contributed by atoms with Crippen LogP contribution in [0.25, 0.3) is 0 Å². The molecule has 2 heterocycles. The minimum atomic E-state index is -0.322. The van der Waals surface area contributed by atoms with Crippen molar-refractivity contribution in [3.05, 3.63) is 27.1 Å². The Hall–Kier alpha value is -0.980. The summed E-state index contributed by atoms with van der Waals surface area (Å²) in [6, 6.07) is 1.68. The van der Waals surface area contributed by atoms with E-state index in [1.54, 1.807) is 6.07 Å². The quantitative estimate of drug-likeness (QED) is 0.661. The number of nitrogens with one attached hydrogen (secondary N) is 1. The van der Waals surface area contributed by atoms with E-state index in [-0.39, 0.29) is 15.5 Å². The lowest BCUT2D eigenvalue weighted by atomic mass is 9.99. The smallest absolute Gasteiger partial charge is 0.314 e. The van der Waals surface area contributed by atoms with Gasteiger partial charge in [0.1, 0.15) is 0 Å². The third-order valence-corrected chi connectivity index (χ3v) is 4.09. The maximum absolute atomic E-state index is 10.6. The summed E-state index contributed by atoms with van der Waals surface area (Å²) in [6.45, 7) is 8.10. The molecule has 1 aromatic heterocycles. The van der Waals surface area contributed by atoms with Gasteiger partial charge in [-0.25, -0.2) is 0 Å². The van der Waals surface area contributed by atoms with Gasteiger partial charge in [-0.3, -0.25) is 15.0 Å². The lowest BCUT2D eigenvalue weighted by Crippen LogP contribution is -2.57. The van der Waals surface area contributed by atoms with Crippen LogP contribution in [0.1, 0.15) is 19.4 Å². The molecule has 0 amide bonds. The van der Waals surface area contributed by atoms with Crippen molar-refractivity contribution in [1.82, 2.24) is 10.2 Å². The van der Waals surface area contributed by atoms with Gasteiger partial charge in [-0.15, -0.1) is 0 Å². The predicted octanol–water partition coefficient (Wildman–Crippen LogP) is 1.84. The van der Waals surface area contributed by atoms with Crippen LogP contribution in [-0.4, -0.2) is 35.0 Å². The van der Waals surface area contributed by atoms with Crippen LogP contribution in [0.3, 0.4) is 0 Å². The van der Waals surface area contributed by atoms with E-state index in [2.05, 4.69) is 24.1 Å². The fraction of sp³-hybridized carbons (Fsp3) is 0.636. The lowest BCUT2D eigenvalue weighted by Gasteiger charge is -2.42. The monoisotopic (exact) mass is 255 g/mol. The van der Waals surface area contributed by atoms with Crippen molar-refractivity contribution in [2.45, 2.75) is 25.9 Å². The van der Waals surface area contributed by atoms with Crippen LogP contribution in [0, 0.1) is 10.1 Å². The normalized spacial score (nSPS) is 20.4. The lowest BCUT2D eigenvalue weighted by molar-refractivity contribution is -0.380. The average molecular weight is 255 g/mol. The molecule has 1 N–H and O–H groups in total. The fourth-order valence-corrected chi connectivity index (χ4v) is 2.80. The maximum Gasteiger partial charge on any atom is 0.324 e. The zero-order valence-corrected chi connectivity index (χ0v) is 10.9. The molecule has 0 aliphatic carbocycles. The Kier molecular flexibility index (Phi) is 3.46. The first-order chi connectivity index (χ1) is 7.99. The van der Waals surface area contributed by atoms with Crippen LogP contribution in [0.4, 0.5) is 5.00 Å². The molecule has 17 heavy (non-hydrogen) atoms. The summed E-state index contributed by atoms with van der Waals surface area (Å²) < 4.78 is 0. The Morgan fingerprint density at radius 1 is 1.65 bits per heavy atom. The zero-order valence-electron chi connectivity index (χ0n) is 10.1. The third-order valence-electron chi connectivity index (χ3n) is 3.17. The van der Waals surface area contributed by atoms with Crippen LogP contribution < -0.4 is 5.32 Å². The summed E-state index contributed by atoms with van der Waals surface area (Å²) in [7, 11) is 0. The number of rotatable bonds is 3. The first-order valence-electron chi connectivity index (χ1n) is 5.66. The molecular formula is C11H17N3O2S. The summed E-state index contributed by atoms with van der Waals surface area (Å²) in [4.78, 5) is 12.7. The number of nitrogens with zero attached hydrogens (tertiary/aromatic N) is 2. The van der Waals surface area contributed by atoms with E-state index in [4.69, 9.17) is 0 Å². The van der Waals surface area contributed by atoms with Crippen molar-refractivity contribution in [1.29, 1.82) is 0 Å². The minimum Gasteiger partial charge on any atom is -0.314 e. The largest absolute Gasteiger partial charge is 0.324 e. The van der Waals surface area contributed by atoms with Crippen molar-refractivity contribution >= 4 is 16.3 Å². The molecule has 0 atom stereocenters. The molecule has 0 bridgehead atoms. The minimum absolute atomic E-state index is 0.106. The Morgan fingerprint density at radius 2 is 2.41 bits per heavy atom. The van der Waals surface area contributed by atoms with Gasteiger partial charge >= 0.3 is 5.00 Å². The molecule has 94 valence electrons. The van der Waals surface area contributed by atoms with E-state index < -0.39 is 0 Å². The van der Waals surface area contributed by atoms with Crippen molar-refractivity contribution in [3.8, 4) is 0 Å². The fourth-order valence-electron chi connectivity index (χ4n) is 2.08. The average Bonchev–Trinajstić information content (AvgIpc) is 2.70. The highest BCUT2D eigenvalue weighted by Gasteiger charge is 2.29. The maximum atomic E-state index is 10.6. The van der Waals surface area contributed by atoms with Gasteiger partial charge in [0.25, 0.3) is 0 Å². The van der Waals surface area contributed by atoms with Crippen molar-refractivity contribution in [2.75, 3.05) is 19.6 Å². The van der Waals surface area contributed by atoms with Gasteiger partial charge < -0.3 is 5.32 Å². The molecule has 0 unspecified atom stereocenters. The Bertz CT molecular complexity index is 417. The predicted molar refractivity (Wildman–Crippen MR) is 68.3 cm³/mol. The summed E-state index contributed by atoms with van der Waals surface area (Å²) in [5.41, 5.74) is 1.14. The van der Waals surface area contributed by atoms with E-state index in [0.717, 1.165) is 31.7 Å². The Morgan fingerprint density at radius 3 is 3.00 bits per heavy atom. The molecule has 5 nitrogen and oxygen atoms in total.